The molecule has 2 aromatic heterocycles. The third-order valence-electron chi connectivity index (χ3n) is 2.49. The van der Waals surface area contributed by atoms with Crippen molar-refractivity contribution < 1.29 is 4.39 Å². The van der Waals surface area contributed by atoms with E-state index in [0.717, 1.165) is 0 Å². The Bertz CT molecular complexity index is 756. The molecule has 19 heavy (non-hydrogen) atoms. The molecule has 0 aliphatic rings. The van der Waals surface area contributed by atoms with Crippen LogP contribution < -0.4 is 11.1 Å². The van der Waals surface area contributed by atoms with Gasteiger partial charge < -0.3 is 16.0 Å². The predicted octanol–water partition coefficient (Wildman–Crippen LogP) is 2.47. The summed E-state index contributed by atoms with van der Waals surface area (Å²) >= 11 is 5.72. The maximum absolute atomic E-state index is 13.1. The van der Waals surface area contributed by atoms with E-state index >= 15 is 0 Å². The molecule has 4 N–H and O–H groups in total. The molecule has 0 saturated heterocycles. The van der Waals surface area contributed by atoms with E-state index < -0.39 is 5.82 Å². The lowest BCUT2D eigenvalue weighted by atomic mass is 10.3. The number of nitrogens with two attached hydrogens (primary N) is 1. The van der Waals surface area contributed by atoms with Gasteiger partial charge in [0.1, 0.15) is 11.3 Å². The average Bonchev–Trinajstić information content (AvgIpc) is 2.82. The first-order valence-electron chi connectivity index (χ1n) is 5.32. The highest BCUT2D eigenvalue weighted by Crippen LogP contribution is 2.25. The van der Waals surface area contributed by atoms with Gasteiger partial charge in [0, 0.05) is 5.69 Å². The average molecular weight is 279 g/mol. The van der Waals surface area contributed by atoms with Gasteiger partial charge in [0.2, 0.25) is 5.95 Å². The molecule has 6 nitrogen and oxygen atoms in total. The van der Waals surface area contributed by atoms with Gasteiger partial charge in [-0.25, -0.2) is 9.37 Å². The van der Waals surface area contributed by atoms with Crippen LogP contribution in [0.5, 0.6) is 0 Å². The zero-order valence-corrected chi connectivity index (χ0v) is 10.2. The van der Waals surface area contributed by atoms with E-state index in [1.54, 1.807) is 6.07 Å². The van der Waals surface area contributed by atoms with E-state index in [-0.39, 0.29) is 11.0 Å². The number of rotatable bonds is 2. The first-order valence-corrected chi connectivity index (χ1v) is 5.70. The Morgan fingerprint density at radius 2 is 2.16 bits per heavy atom. The fourth-order valence-electron chi connectivity index (χ4n) is 1.65. The predicted molar refractivity (Wildman–Crippen MR) is 70.8 cm³/mol. The lowest BCUT2D eigenvalue weighted by Crippen LogP contribution is -2.01. The minimum atomic E-state index is -0.485. The highest BCUT2D eigenvalue weighted by Gasteiger charge is 2.09. The number of benzene rings is 1. The molecule has 1 aromatic carbocycles. The summed E-state index contributed by atoms with van der Waals surface area (Å²) in [5.41, 5.74) is 7.23. The van der Waals surface area contributed by atoms with Crippen molar-refractivity contribution in [2.24, 2.45) is 0 Å². The van der Waals surface area contributed by atoms with Gasteiger partial charge in [-0.05, 0) is 18.2 Å². The van der Waals surface area contributed by atoms with Crippen molar-refractivity contribution in [3.8, 4) is 0 Å². The zero-order chi connectivity index (χ0) is 13.4. The number of fused-ring (bicyclic) bond motifs is 1. The van der Waals surface area contributed by atoms with Gasteiger partial charge in [0.05, 0.1) is 11.3 Å². The van der Waals surface area contributed by atoms with Gasteiger partial charge in [0.25, 0.3) is 0 Å². The molecule has 2 heterocycles. The zero-order valence-electron chi connectivity index (χ0n) is 9.48. The van der Waals surface area contributed by atoms with Crippen LogP contribution in [0, 0.1) is 5.82 Å². The molecular weight excluding hydrogens is 271 g/mol. The first-order chi connectivity index (χ1) is 9.13. The monoisotopic (exact) mass is 278 g/mol. The molecule has 0 atom stereocenters. The van der Waals surface area contributed by atoms with Crippen LogP contribution in [-0.2, 0) is 0 Å². The van der Waals surface area contributed by atoms with Crippen molar-refractivity contribution in [3.05, 3.63) is 35.4 Å². The maximum atomic E-state index is 13.1. The van der Waals surface area contributed by atoms with Gasteiger partial charge in [0.15, 0.2) is 11.5 Å². The second-order valence-electron chi connectivity index (χ2n) is 3.79. The van der Waals surface area contributed by atoms with Crippen molar-refractivity contribution in [1.29, 1.82) is 0 Å². The molecule has 8 heteroatoms. The Labute approximate surface area is 111 Å². The molecule has 96 valence electrons. The topological polar surface area (TPSA) is 92.5 Å². The normalized spacial score (nSPS) is 10.8. The van der Waals surface area contributed by atoms with Crippen LogP contribution in [0.25, 0.3) is 11.2 Å². The van der Waals surface area contributed by atoms with Crippen LogP contribution in [0.1, 0.15) is 0 Å². The summed E-state index contributed by atoms with van der Waals surface area (Å²) in [6.45, 7) is 0. The number of halogens is 2. The fraction of sp³-hybridized carbons (Fsp3) is 0. The minimum Gasteiger partial charge on any atom is -0.368 e. The van der Waals surface area contributed by atoms with Crippen molar-refractivity contribution >= 4 is 40.2 Å². The Balaban J connectivity index is 2.04. The number of aromatic amines is 1. The van der Waals surface area contributed by atoms with E-state index in [1.165, 1.54) is 18.5 Å². The molecule has 0 aliphatic heterocycles. The van der Waals surface area contributed by atoms with E-state index in [4.69, 9.17) is 17.3 Å². The van der Waals surface area contributed by atoms with E-state index in [1.807, 2.05) is 0 Å². The van der Waals surface area contributed by atoms with E-state index in [9.17, 15) is 4.39 Å². The molecule has 0 saturated carbocycles. The number of nitrogens with one attached hydrogen (secondary N) is 2. The third kappa shape index (κ3) is 2.15. The van der Waals surface area contributed by atoms with Gasteiger partial charge in [-0.2, -0.15) is 9.97 Å². The van der Waals surface area contributed by atoms with Crippen molar-refractivity contribution in [1.82, 2.24) is 19.9 Å². The summed E-state index contributed by atoms with van der Waals surface area (Å²) in [5, 5.41) is 3.01. The summed E-state index contributed by atoms with van der Waals surface area (Å²) in [6.07, 6.45) is 1.49. The van der Waals surface area contributed by atoms with Gasteiger partial charge in [-0.1, -0.05) is 11.6 Å². The molecule has 0 spiro atoms. The number of imidazole rings is 1. The molecule has 0 unspecified atom stereocenters. The fourth-order valence-corrected chi connectivity index (χ4v) is 1.83. The first kappa shape index (κ1) is 11.7. The second-order valence-corrected chi connectivity index (χ2v) is 4.19. The highest BCUT2D eigenvalue weighted by molar-refractivity contribution is 6.31. The van der Waals surface area contributed by atoms with Gasteiger partial charge >= 0.3 is 0 Å². The minimum absolute atomic E-state index is 0.0212. The van der Waals surface area contributed by atoms with Gasteiger partial charge in [-0.15, -0.1) is 0 Å². The molecule has 3 aromatic rings. The summed E-state index contributed by atoms with van der Waals surface area (Å²) in [4.78, 5) is 14.9. The number of nitrogen functional groups attached to an aromatic ring is 1. The molecule has 0 aliphatic carbocycles. The second kappa shape index (κ2) is 4.36. The number of aromatic nitrogens is 4. The Morgan fingerprint density at radius 1 is 1.32 bits per heavy atom. The molecule has 3 rings (SSSR count). The van der Waals surface area contributed by atoms with Crippen LogP contribution in [-0.4, -0.2) is 19.9 Å². The number of anilines is 3. The number of nitrogens with zero attached hydrogens (tertiary/aromatic N) is 3. The Morgan fingerprint density at radius 3 is 2.95 bits per heavy atom. The van der Waals surface area contributed by atoms with Crippen LogP contribution in [0.3, 0.4) is 0 Å². The lowest BCUT2D eigenvalue weighted by molar-refractivity contribution is 0.628. The summed E-state index contributed by atoms with van der Waals surface area (Å²) in [7, 11) is 0. The highest BCUT2D eigenvalue weighted by atomic mass is 35.5. The van der Waals surface area contributed by atoms with E-state index in [0.29, 0.717) is 22.7 Å². The summed E-state index contributed by atoms with van der Waals surface area (Å²) < 4.78 is 13.1. The van der Waals surface area contributed by atoms with Crippen molar-refractivity contribution in [2.75, 3.05) is 11.1 Å². The molecular formula is C11H8ClFN6. The van der Waals surface area contributed by atoms with Crippen molar-refractivity contribution in [3.63, 3.8) is 0 Å². The molecule has 0 amide bonds. The number of hydrogen-bond donors (Lipinski definition) is 3. The SMILES string of the molecule is Nc1nc(Nc2ccc(F)c(Cl)c2)c2[nH]cnc2n1. The van der Waals surface area contributed by atoms with Crippen LogP contribution in [0.15, 0.2) is 24.5 Å². The smallest absolute Gasteiger partial charge is 0.224 e. The standard InChI is InChI=1S/C11H8ClFN6/c12-6-3-5(1-2-7(6)13)17-10-8-9(16-4-15-8)18-11(14)19-10/h1-4H,(H4,14,15,16,17,18,19). The van der Waals surface area contributed by atoms with Gasteiger partial charge in [-0.3, -0.25) is 0 Å². The molecule has 0 radical (unpaired) electrons. The lowest BCUT2D eigenvalue weighted by Gasteiger charge is -2.07. The quantitative estimate of drug-likeness (QED) is 0.670. The largest absolute Gasteiger partial charge is 0.368 e. The van der Waals surface area contributed by atoms with Crippen molar-refractivity contribution in [2.45, 2.75) is 0 Å². The molecule has 0 bridgehead atoms. The Kier molecular flexibility index (Phi) is 2.68. The number of hydrogen-bond acceptors (Lipinski definition) is 5. The van der Waals surface area contributed by atoms with Crippen LogP contribution >= 0.6 is 11.6 Å². The molecule has 0 fully saturated rings. The Hall–Kier alpha value is -2.41. The number of H-pyrrole nitrogens is 1. The van der Waals surface area contributed by atoms with Crippen LogP contribution in [0.4, 0.5) is 21.8 Å². The van der Waals surface area contributed by atoms with E-state index in [2.05, 4.69) is 25.3 Å². The maximum Gasteiger partial charge on any atom is 0.224 e. The third-order valence-corrected chi connectivity index (χ3v) is 2.77. The van der Waals surface area contributed by atoms with Crippen LogP contribution in [0.2, 0.25) is 5.02 Å². The summed E-state index contributed by atoms with van der Waals surface area (Å²) in [5.74, 6) is 0.0547. The summed E-state index contributed by atoms with van der Waals surface area (Å²) in [6, 6.07) is 4.26.